The second-order valence-corrected chi connectivity index (χ2v) is 9.20. The maximum atomic E-state index is 13.6. The molecule has 0 saturated carbocycles. The van der Waals surface area contributed by atoms with Crippen LogP contribution < -0.4 is 10.1 Å². The summed E-state index contributed by atoms with van der Waals surface area (Å²) in [6.45, 7) is 3.40. The number of unbranched alkanes of at least 4 members (excludes halogenated alkanes) is 1. The van der Waals surface area contributed by atoms with Crippen molar-refractivity contribution in [2.75, 3.05) is 13.2 Å². The maximum Gasteiger partial charge on any atom is 0.243 e. The van der Waals surface area contributed by atoms with Gasteiger partial charge in [-0.2, -0.15) is 0 Å². The van der Waals surface area contributed by atoms with E-state index in [1.807, 2.05) is 78.9 Å². The number of nitrogens with one attached hydrogen (secondary N) is 1. The standard InChI is InChI=1S/C30H35ClN2O3/c1-2-3-19-32-30(35)28(22-24-12-6-4-7-13-24)33(23-25-14-10-15-26(31)21-25)29(34)18-11-20-36-27-16-8-5-9-17-27/h4-10,12-17,21,28H,2-3,11,18-20,22-23H2,1H3,(H,32,35). The minimum absolute atomic E-state index is 0.0850. The van der Waals surface area contributed by atoms with Crippen molar-refractivity contribution in [3.8, 4) is 5.75 Å². The van der Waals surface area contributed by atoms with Crippen molar-refractivity contribution in [2.24, 2.45) is 0 Å². The van der Waals surface area contributed by atoms with Crippen LogP contribution >= 0.6 is 11.6 Å². The Morgan fingerprint density at radius 1 is 0.917 bits per heavy atom. The molecule has 0 aliphatic heterocycles. The van der Waals surface area contributed by atoms with Crippen LogP contribution in [0.15, 0.2) is 84.9 Å². The predicted molar refractivity (Wildman–Crippen MR) is 145 cm³/mol. The molecule has 6 heteroatoms. The molecule has 0 saturated heterocycles. The molecule has 2 amide bonds. The summed E-state index contributed by atoms with van der Waals surface area (Å²) in [6, 6.07) is 26.2. The van der Waals surface area contributed by atoms with Gasteiger partial charge < -0.3 is 15.0 Å². The van der Waals surface area contributed by atoms with E-state index in [0.29, 0.717) is 37.6 Å². The largest absolute Gasteiger partial charge is 0.494 e. The van der Waals surface area contributed by atoms with Crippen LogP contribution in [0.4, 0.5) is 0 Å². The topological polar surface area (TPSA) is 58.6 Å². The van der Waals surface area contributed by atoms with Gasteiger partial charge in [0.2, 0.25) is 11.8 Å². The summed E-state index contributed by atoms with van der Waals surface area (Å²) in [6.07, 6.45) is 3.14. The molecule has 0 aliphatic carbocycles. The molecular weight excluding hydrogens is 472 g/mol. The summed E-state index contributed by atoms with van der Waals surface area (Å²) in [7, 11) is 0. The molecule has 1 atom stereocenters. The summed E-state index contributed by atoms with van der Waals surface area (Å²) in [5.41, 5.74) is 1.89. The molecule has 36 heavy (non-hydrogen) atoms. The number of ether oxygens (including phenoxy) is 1. The van der Waals surface area contributed by atoms with Crippen LogP contribution in [-0.2, 0) is 22.6 Å². The van der Waals surface area contributed by atoms with Crippen molar-refractivity contribution >= 4 is 23.4 Å². The number of carbonyl (C=O) groups excluding carboxylic acids is 2. The van der Waals surface area contributed by atoms with E-state index in [1.165, 1.54) is 0 Å². The second-order valence-electron chi connectivity index (χ2n) is 8.77. The van der Waals surface area contributed by atoms with E-state index in [4.69, 9.17) is 16.3 Å². The van der Waals surface area contributed by atoms with Crippen LogP contribution in [-0.4, -0.2) is 35.9 Å². The normalized spacial score (nSPS) is 11.5. The first-order valence-electron chi connectivity index (χ1n) is 12.6. The Kier molecular flexibility index (Phi) is 11.3. The molecule has 5 nitrogen and oxygen atoms in total. The van der Waals surface area contributed by atoms with Crippen LogP contribution in [0.25, 0.3) is 0 Å². The second kappa shape index (κ2) is 14.9. The number of para-hydroxylation sites is 1. The van der Waals surface area contributed by atoms with Gasteiger partial charge in [0, 0.05) is 31.0 Å². The van der Waals surface area contributed by atoms with E-state index in [9.17, 15) is 9.59 Å². The van der Waals surface area contributed by atoms with Crippen molar-refractivity contribution < 1.29 is 14.3 Å². The molecule has 190 valence electrons. The third kappa shape index (κ3) is 9.04. The lowest BCUT2D eigenvalue weighted by Crippen LogP contribution is -2.50. The fourth-order valence-corrected chi connectivity index (χ4v) is 4.18. The molecule has 0 bridgehead atoms. The van der Waals surface area contributed by atoms with Gasteiger partial charge in [-0.3, -0.25) is 9.59 Å². The summed E-state index contributed by atoms with van der Waals surface area (Å²) >= 11 is 6.23. The Bertz CT molecular complexity index is 1080. The van der Waals surface area contributed by atoms with Crippen LogP contribution in [0.5, 0.6) is 5.75 Å². The number of hydrogen-bond donors (Lipinski definition) is 1. The minimum Gasteiger partial charge on any atom is -0.494 e. The monoisotopic (exact) mass is 506 g/mol. The summed E-state index contributed by atoms with van der Waals surface area (Å²) in [4.78, 5) is 28.6. The molecule has 0 radical (unpaired) electrons. The average Bonchev–Trinajstić information content (AvgIpc) is 2.90. The number of halogens is 1. The van der Waals surface area contributed by atoms with E-state index >= 15 is 0 Å². The molecule has 0 heterocycles. The molecule has 0 aliphatic rings. The Morgan fingerprint density at radius 2 is 1.61 bits per heavy atom. The van der Waals surface area contributed by atoms with Gasteiger partial charge in [-0.15, -0.1) is 0 Å². The Hall–Kier alpha value is -3.31. The highest BCUT2D eigenvalue weighted by Gasteiger charge is 2.30. The van der Waals surface area contributed by atoms with Gasteiger partial charge in [0.15, 0.2) is 0 Å². The zero-order valence-electron chi connectivity index (χ0n) is 20.9. The number of benzene rings is 3. The number of amides is 2. The first-order chi connectivity index (χ1) is 17.6. The number of hydrogen-bond acceptors (Lipinski definition) is 3. The highest BCUT2D eigenvalue weighted by molar-refractivity contribution is 6.30. The Balaban J connectivity index is 1.78. The van der Waals surface area contributed by atoms with Gasteiger partial charge in [0.25, 0.3) is 0 Å². The van der Waals surface area contributed by atoms with Crippen molar-refractivity contribution in [1.29, 1.82) is 0 Å². The minimum atomic E-state index is -0.634. The van der Waals surface area contributed by atoms with Gasteiger partial charge in [-0.25, -0.2) is 0 Å². The van der Waals surface area contributed by atoms with Crippen molar-refractivity contribution in [2.45, 2.75) is 51.6 Å². The van der Waals surface area contributed by atoms with Gasteiger partial charge in [0.05, 0.1) is 6.61 Å². The van der Waals surface area contributed by atoms with Gasteiger partial charge in [0.1, 0.15) is 11.8 Å². The molecule has 0 fully saturated rings. The van der Waals surface area contributed by atoms with Gasteiger partial charge in [-0.1, -0.05) is 85.6 Å². The molecule has 1 N–H and O–H groups in total. The number of rotatable bonds is 14. The van der Waals surface area contributed by atoms with Crippen LogP contribution in [0.2, 0.25) is 5.02 Å². The van der Waals surface area contributed by atoms with Crippen molar-refractivity contribution in [3.05, 3.63) is 101 Å². The molecule has 3 aromatic carbocycles. The first kappa shape index (κ1) is 27.3. The summed E-state index contributed by atoms with van der Waals surface area (Å²) in [5, 5.41) is 3.64. The molecule has 3 rings (SSSR count). The molecular formula is C30H35ClN2O3. The van der Waals surface area contributed by atoms with Crippen LogP contribution in [0, 0.1) is 0 Å². The van der Waals surface area contributed by atoms with Gasteiger partial charge >= 0.3 is 0 Å². The summed E-state index contributed by atoms with van der Waals surface area (Å²) < 4.78 is 5.77. The van der Waals surface area contributed by atoms with Crippen molar-refractivity contribution in [1.82, 2.24) is 10.2 Å². The fraction of sp³-hybridized carbons (Fsp3) is 0.333. The smallest absolute Gasteiger partial charge is 0.243 e. The SMILES string of the molecule is CCCCNC(=O)C(Cc1ccccc1)N(Cc1cccc(Cl)c1)C(=O)CCCOc1ccccc1. The zero-order valence-corrected chi connectivity index (χ0v) is 21.6. The highest BCUT2D eigenvalue weighted by atomic mass is 35.5. The van der Waals surface area contributed by atoms with Gasteiger partial charge in [-0.05, 0) is 48.2 Å². The average molecular weight is 507 g/mol. The fourth-order valence-electron chi connectivity index (χ4n) is 3.97. The van der Waals surface area contributed by atoms with Crippen molar-refractivity contribution in [3.63, 3.8) is 0 Å². The predicted octanol–water partition coefficient (Wildman–Crippen LogP) is 6.06. The van der Waals surface area contributed by atoms with Crippen LogP contribution in [0.1, 0.15) is 43.7 Å². The number of carbonyl (C=O) groups is 2. The lowest BCUT2D eigenvalue weighted by molar-refractivity contribution is -0.141. The highest BCUT2D eigenvalue weighted by Crippen LogP contribution is 2.19. The molecule has 0 aromatic heterocycles. The molecule has 1 unspecified atom stereocenters. The van der Waals surface area contributed by atoms with E-state index in [-0.39, 0.29) is 18.2 Å². The first-order valence-corrected chi connectivity index (χ1v) is 13.0. The van der Waals surface area contributed by atoms with E-state index < -0.39 is 6.04 Å². The lowest BCUT2D eigenvalue weighted by Gasteiger charge is -2.31. The van der Waals surface area contributed by atoms with Crippen LogP contribution in [0.3, 0.4) is 0 Å². The Labute approximate surface area is 219 Å². The number of nitrogens with zero attached hydrogens (tertiary/aromatic N) is 1. The third-order valence-corrected chi connectivity index (χ3v) is 6.12. The zero-order chi connectivity index (χ0) is 25.6. The maximum absolute atomic E-state index is 13.6. The van der Waals surface area contributed by atoms with E-state index in [2.05, 4.69) is 12.2 Å². The summed E-state index contributed by atoms with van der Waals surface area (Å²) in [5.74, 6) is 0.555. The van der Waals surface area contributed by atoms with E-state index in [0.717, 1.165) is 29.7 Å². The molecule has 0 spiro atoms. The molecule has 3 aromatic rings. The third-order valence-electron chi connectivity index (χ3n) is 5.89. The van der Waals surface area contributed by atoms with E-state index in [1.54, 1.807) is 11.0 Å². The quantitative estimate of drug-likeness (QED) is 0.270. The Morgan fingerprint density at radius 3 is 2.31 bits per heavy atom. The lowest BCUT2D eigenvalue weighted by atomic mass is 10.0.